The van der Waals surface area contributed by atoms with Crippen molar-refractivity contribution in [3.05, 3.63) is 17.7 Å². The summed E-state index contributed by atoms with van der Waals surface area (Å²) in [6.45, 7) is 6.49. The molecule has 1 heterocycles. The van der Waals surface area contributed by atoms with Crippen LogP contribution in [0.3, 0.4) is 0 Å². The summed E-state index contributed by atoms with van der Waals surface area (Å²) in [6, 6.07) is 4.49. The Morgan fingerprint density at radius 1 is 1.16 bits per heavy atom. The van der Waals surface area contributed by atoms with E-state index in [0.29, 0.717) is 19.3 Å². The fourth-order valence-electron chi connectivity index (χ4n) is 2.59. The van der Waals surface area contributed by atoms with E-state index in [0.717, 1.165) is 42.1 Å². The Kier molecular flexibility index (Phi) is 4.53. The van der Waals surface area contributed by atoms with Gasteiger partial charge in [0, 0.05) is 24.3 Å². The zero-order valence-corrected chi connectivity index (χ0v) is 12.1. The highest BCUT2D eigenvalue weighted by Gasteiger charge is 2.17. The van der Waals surface area contributed by atoms with Crippen LogP contribution in [0.1, 0.15) is 32.3 Å². The topological polar surface area (TPSA) is 47.7 Å². The highest BCUT2D eigenvalue weighted by atomic mass is 16.6. The van der Waals surface area contributed by atoms with Crippen LogP contribution >= 0.6 is 0 Å². The van der Waals surface area contributed by atoms with Crippen molar-refractivity contribution in [2.45, 2.75) is 39.3 Å². The molecule has 0 amide bonds. The number of benzene rings is 1. The van der Waals surface area contributed by atoms with Gasteiger partial charge in [-0.1, -0.05) is 13.8 Å². The molecule has 0 saturated carbocycles. The Bertz CT molecular complexity index is 430. The number of hydrogen-bond acceptors (Lipinski definition) is 4. The smallest absolute Gasteiger partial charge is 0.163 e. The molecule has 0 saturated heterocycles. The van der Waals surface area contributed by atoms with Gasteiger partial charge in [-0.3, -0.25) is 4.90 Å². The van der Waals surface area contributed by atoms with Crippen LogP contribution in [0.25, 0.3) is 0 Å². The van der Waals surface area contributed by atoms with Crippen molar-refractivity contribution >= 4 is 5.69 Å². The fraction of sp³-hybridized carbons (Fsp3) is 0.600. The molecule has 0 radical (unpaired) electrons. The molecule has 19 heavy (non-hydrogen) atoms. The Morgan fingerprint density at radius 2 is 1.74 bits per heavy atom. The van der Waals surface area contributed by atoms with Crippen LogP contribution in [0.5, 0.6) is 11.5 Å². The first-order valence-corrected chi connectivity index (χ1v) is 7.03. The van der Waals surface area contributed by atoms with Crippen molar-refractivity contribution < 1.29 is 9.47 Å². The number of fused-ring (bicyclic) bond motifs is 1. The van der Waals surface area contributed by atoms with Crippen molar-refractivity contribution in [1.82, 2.24) is 4.90 Å². The van der Waals surface area contributed by atoms with Crippen LogP contribution in [-0.4, -0.2) is 31.2 Å². The van der Waals surface area contributed by atoms with Gasteiger partial charge in [-0.15, -0.1) is 0 Å². The third-order valence-corrected chi connectivity index (χ3v) is 3.79. The molecule has 4 heteroatoms. The number of rotatable bonds is 5. The molecule has 2 rings (SSSR count). The molecule has 0 atom stereocenters. The monoisotopic (exact) mass is 264 g/mol. The van der Waals surface area contributed by atoms with Gasteiger partial charge in [0.05, 0.1) is 0 Å². The van der Waals surface area contributed by atoms with E-state index in [-0.39, 0.29) is 0 Å². The lowest BCUT2D eigenvalue weighted by atomic mass is 10.1. The summed E-state index contributed by atoms with van der Waals surface area (Å²) < 4.78 is 11.2. The van der Waals surface area contributed by atoms with Gasteiger partial charge in [-0.2, -0.15) is 0 Å². The van der Waals surface area contributed by atoms with Crippen LogP contribution in [0, 0.1) is 0 Å². The molecular formula is C15H24N2O2. The first-order valence-electron chi connectivity index (χ1n) is 7.03. The summed E-state index contributed by atoms with van der Waals surface area (Å²) in [7, 11) is 2.15. The zero-order valence-electron chi connectivity index (χ0n) is 12.1. The third-order valence-electron chi connectivity index (χ3n) is 3.79. The van der Waals surface area contributed by atoms with Crippen molar-refractivity contribution in [2.75, 3.05) is 26.0 Å². The molecular weight excluding hydrogens is 240 g/mol. The van der Waals surface area contributed by atoms with Crippen LogP contribution in [0.15, 0.2) is 12.1 Å². The first kappa shape index (κ1) is 14.0. The number of nitrogens with zero attached hydrogens (tertiary/aromatic N) is 1. The van der Waals surface area contributed by atoms with Crippen LogP contribution in [0.4, 0.5) is 5.69 Å². The van der Waals surface area contributed by atoms with Crippen molar-refractivity contribution in [1.29, 1.82) is 0 Å². The van der Waals surface area contributed by atoms with E-state index in [4.69, 9.17) is 15.2 Å². The van der Waals surface area contributed by atoms with Crippen molar-refractivity contribution in [3.63, 3.8) is 0 Å². The number of hydrogen-bond donors (Lipinski definition) is 1. The third kappa shape index (κ3) is 3.13. The molecule has 106 valence electrons. The first-order chi connectivity index (χ1) is 9.15. The van der Waals surface area contributed by atoms with Gasteiger partial charge in [0.1, 0.15) is 13.2 Å². The van der Waals surface area contributed by atoms with Gasteiger partial charge >= 0.3 is 0 Å². The van der Waals surface area contributed by atoms with Gasteiger partial charge < -0.3 is 15.2 Å². The Labute approximate surface area is 115 Å². The standard InChI is InChI=1S/C15H24N2O2/c1-4-12(5-2)17(3)10-11-8-14-15(9-13(11)16)19-7-6-18-14/h8-9,12H,4-7,10,16H2,1-3H3. The highest BCUT2D eigenvalue weighted by molar-refractivity contribution is 5.58. The highest BCUT2D eigenvalue weighted by Crippen LogP contribution is 2.35. The van der Waals surface area contributed by atoms with E-state index in [1.165, 1.54) is 0 Å². The van der Waals surface area contributed by atoms with E-state index in [9.17, 15) is 0 Å². The van der Waals surface area contributed by atoms with Crippen LogP contribution in [-0.2, 0) is 6.54 Å². The Balaban J connectivity index is 2.16. The summed E-state index contributed by atoms with van der Waals surface area (Å²) in [5.74, 6) is 1.58. The summed E-state index contributed by atoms with van der Waals surface area (Å²) in [5, 5.41) is 0. The second-order valence-electron chi connectivity index (χ2n) is 5.08. The minimum absolute atomic E-state index is 0.590. The maximum Gasteiger partial charge on any atom is 0.163 e. The summed E-state index contributed by atoms with van der Waals surface area (Å²) in [5.41, 5.74) is 8.00. The molecule has 0 unspecified atom stereocenters. The zero-order chi connectivity index (χ0) is 13.8. The molecule has 0 bridgehead atoms. The number of anilines is 1. The average molecular weight is 264 g/mol. The second kappa shape index (κ2) is 6.15. The predicted molar refractivity (Wildman–Crippen MR) is 77.7 cm³/mol. The molecule has 2 N–H and O–H groups in total. The molecule has 1 aromatic rings. The largest absolute Gasteiger partial charge is 0.486 e. The summed E-state index contributed by atoms with van der Waals surface area (Å²) >= 11 is 0. The Morgan fingerprint density at radius 3 is 2.32 bits per heavy atom. The fourth-order valence-corrected chi connectivity index (χ4v) is 2.59. The summed E-state index contributed by atoms with van der Waals surface area (Å²) in [4.78, 5) is 2.35. The minimum Gasteiger partial charge on any atom is -0.486 e. The summed E-state index contributed by atoms with van der Waals surface area (Å²) in [6.07, 6.45) is 2.30. The van der Waals surface area contributed by atoms with Gasteiger partial charge in [-0.25, -0.2) is 0 Å². The lowest BCUT2D eigenvalue weighted by molar-refractivity contribution is 0.171. The lowest BCUT2D eigenvalue weighted by Gasteiger charge is -2.27. The molecule has 1 aromatic carbocycles. The number of ether oxygens (including phenoxy) is 2. The molecule has 0 spiro atoms. The SMILES string of the molecule is CCC(CC)N(C)Cc1cc2c(cc1N)OCCO2. The molecule has 4 nitrogen and oxygen atoms in total. The molecule has 0 fully saturated rings. The molecule has 0 aliphatic carbocycles. The predicted octanol–water partition coefficient (Wildman–Crippen LogP) is 2.66. The molecule has 0 aromatic heterocycles. The second-order valence-corrected chi connectivity index (χ2v) is 5.08. The van der Waals surface area contributed by atoms with E-state index >= 15 is 0 Å². The van der Waals surface area contributed by atoms with Gasteiger partial charge in [-0.05, 0) is 31.5 Å². The van der Waals surface area contributed by atoms with Crippen molar-refractivity contribution in [3.8, 4) is 11.5 Å². The van der Waals surface area contributed by atoms with E-state index in [2.05, 4.69) is 25.8 Å². The van der Waals surface area contributed by atoms with Crippen molar-refractivity contribution in [2.24, 2.45) is 0 Å². The maximum atomic E-state index is 6.11. The minimum atomic E-state index is 0.590. The van der Waals surface area contributed by atoms with Gasteiger partial charge in [0.25, 0.3) is 0 Å². The van der Waals surface area contributed by atoms with Gasteiger partial charge in [0.15, 0.2) is 11.5 Å². The lowest BCUT2D eigenvalue weighted by Crippen LogP contribution is -2.30. The molecule has 1 aliphatic rings. The number of nitrogens with two attached hydrogens (primary N) is 1. The van der Waals surface area contributed by atoms with Crippen LogP contribution in [0.2, 0.25) is 0 Å². The van der Waals surface area contributed by atoms with E-state index < -0.39 is 0 Å². The Hall–Kier alpha value is -1.42. The van der Waals surface area contributed by atoms with Crippen LogP contribution < -0.4 is 15.2 Å². The van der Waals surface area contributed by atoms with Gasteiger partial charge in [0.2, 0.25) is 0 Å². The normalized spacial score (nSPS) is 14.2. The van der Waals surface area contributed by atoms with E-state index in [1.54, 1.807) is 0 Å². The average Bonchev–Trinajstić information content (AvgIpc) is 2.41. The quantitative estimate of drug-likeness (QED) is 0.831. The molecule has 1 aliphatic heterocycles. The van der Waals surface area contributed by atoms with E-state index in [1.807, 2.05) is 12.1 Å². The maximum absolute atomic E-state index is 6.11. The number of nitrogen functional groups attached to an aromatic ring is 1.